The number of phenols is 1. The van der Waals surface area contributed by atoms with Crippen LogP contribution in [0.15, 0.2) is 18.2 Å². The highest BCUT2D eigenvalue weighted by Gasteiger charge is 2.13. The minimum absolute atomic E-state index is 0. The molecule has 1 unspecified atom stereocenters. The lowest BCUT2D eigenvalue weighted by Gasteiger charge is -2.12. The van der Waals surface area contributed by atoms with E-state index in [0.29, 0.717) is 12.2 Å². The highest BCUT2D eigenvalue weighted by atomic mass is 35.5. The van der Waals surface area contributed by atoms with Gasteiger partial charge in [-0.3, -0.25) is 4.79 Å². The molecule has 5 heteroatoms. The van der Waals surface area contributed by atoms with Crippen LogP contribution in [0.4, 0.5) is 5.69 Å². The van der Waals surface area contributed by atoms with Gasteiger partial charge in [0.05, 0.1) is 5.69 Å². The van der Waals surface area contributed by atoms with Gasteiger partial charge in [0.15, 0.2) is 0 Å². The van der Waals surface area contributed by atoms with E-state index < -0.39 is 0 Å². The van der Waals surface area contributed by atoms with Gasteiger partial charge < -0.3 is 15.7 Å². The Balaban J connectivity index is 0.00000256. The molecule has 0 saturated carbocycles. The summed E-state index contributed by atoms with van der Waals surface area (Å²) in [4.78, 5) is 11.7. The van der Waals surface area contributed by atoms with Crippen molar-refractivity contribution < 1.29 is 9.90 Å². The van der Waals surface area contributed by atoms with E-state index in [-0.39, 0.29) is 30.0 Å². The molecule has 0 aliphatic rings. The van der Waals surface area contributed by atoms with E-state index in [1.807, 2.05) is 13.8 Å². The molecule has 96 valence electrons. The molecule has 0 saturated heterocycles. The largest absolute Gasteiger partial charge is 0.506 e. The Morgan fingerprint density at radius 3 is 2.71 bits per heavy atom. The fourth-order valence-electron chi connectivity index (χ4n) is 1.40. The molecule has 1 amide bonds. The van der Waals surface area contributed by atoms with Gasteiger partial charge >= 0.3 is 0 Å². The molecule has 0 spiro atoms. The number of rotatable bonds is 4. The number of aromatic hydroxyl groups is 1. The smallest absolute Gasteiger partial charge is 0.228 e. The average molecular weight is 259 g/mol. The van der Waals surface area contributed by atoms with Gasteiger partial charge in [0, 0.05) is 12.5 Å². The van der Waals surface area contributed by atoms with Gasteiger partial charge in [-0.05, 0) is 31.7 Å². The number of phenolic OH excluding ortho intramolecular Hbond substituents is 1. The third-order valence-electron chi connectivity index (χ3n) is 2.37. The summed E-state index contributed by atoms with van der Waals surface area (Å²) < 4.78 is 0. The molecule has 1 rings (SSSR count). The molecule has 4 nitrogen and oxygen atoms in total. The summed E-state index contributed by atoms with van der Waals surface area (Å²) in [6, 6.07) is 5.12. The number of aryl methyl sites for hydroxylation is 1. The molecule has 0 fully saturated rings. The van der Waals surface area contributed by atoms with Crippen molar-refractivity contribution in [2.75, 3.05) is 18.9 Å². The van der Waals surface area contributed by atoms with E-state index in [1.54, 1.807) is 25.2 Å². The number of carbonyl (C=O) groups excluding carboxylic acids is 1. The third kappa shape index (κ3) is 4.63. The molecule has 1 aromatic rings. The van der Waals surface area contributed by atoms with Crippen LogP contribution in [0.1, 0.15) is 12.5 Å². The molecule has 0 heterocycles. The molecular formula is C12H19ClN2O2. The van der Waals surface area contributed by atoms with Crippen molar-refractivity contribution in [3.63, 3.8) is 0 Å². The summed E-state index contributed by atoms with van der Waals surface area (Å²) in [6.45, 7) is 4.35. The number of nitrogens with one attached hydrogen (secondary N) is 2. The van der Waals surface area contributed by atoms with Gasteiger partial charge in [0.25, 0.3) is 0 Å². The molecule has 3 N–H and O–H groups in total. The zero-order chi connectivity index (χ0) is 12.1. The number of halogens is 1. The van der Waals surface area contributed by atoms with E-state index >= 15 is 0 Å². The molecule has 1 aromatic carbocycles. The van der Waals surface area contributed by atoms with Crippen LogP contribution < -0.4 is 10.6 Å². The first-order chi connectivity index (χ1) is 7.54. The Hall–Kier alpha value is -1.26. The monoisotopic (exact) mass is 258 g/mol. The number of benzene rings is 1. The molecule has 0 aliphatic carbocycles. The molecule has 0 aliphatic heterocycles. The zero-order valence-corrected chi connectivity index (χ0v) is 11.1. The van der Waals surface area contributed by atoms with Crippen LogP contribution in [0.25, 0.3) is 0 Å². The summed E-state index contributed by atoms with van der Waals surface area (Å²) >= 11 is 0. The topological polar surface area (TPSA) is 61.4 Å². The normalized spacial score (nSPS) is 11.5. The Bertz CT molecular complexity index is 383. The molecule has 1 atom stereocenters. The summed E-state index contributed by atoms with van der Waals surface area (Å²) in [5.41, 5.74) is 1.46. The summed E-state index contributed by atoms with van der Waals surface area (Å²) in [6.07, 6.45) is 0. The van der Waals surface area contributed by atoms with Crippen molar-refractivity contribution in [3.05, 3.63) is 23.8 Å². The van der Waals surface area contributed by atoms with Gasteiger partial charge in [-0.15, -0.1) is 12.4 Å². The van der Waals surface area contributed by atoms with Crippen LogP contribution >= 0.6 is 12.4 Å². The predicted octanol–water partition coefficient (Wildman–Crippen LogP) is 1.92. The first-order valence-electron chi connectivity index (χ1n) is 5.29. The fourth-order valence-corrected chi connectivity index (χ4v) is 1.40. The van der Waals surface area contributed by atoms with Crippen LogP contribution in [0.2, 0.25) is 0 Å². The van der Waals surface area contributed by atoms with Crippen molar-refractivity contribution in [1.29, 1.82) is 0 Å². The van der Waals surface area contributed by atoms with Crippen LogP contribution in [0.3, 0.4) is 0 Å². The first-order valence-corrected chi connectivity index (χ1v) is 5.29. The zero-order valence-electron chi connectivity index (χ0n) is 10.3. The van der Waals surface area contributed by atoms with Crippen LogP contribution in [0.5, 0.6) is 5.75 Å². The summed E-state index contributed by atoms with van der Waals surface area (Å²) in [5.74, 6) is -0.143. The number of anilines is 1. The van der Waals surface area contributed by atoms with E-state index in [2.05, 4.69) is 10.6 Å². The highest BCUT2D eigenvalue weighted by molar-refractivity contribution is 5.93. The molecule has 0 aromatic heterocycles. The standard InChI is InChI=1S/C12H18N2O2.ClH/c1-8-4-5-11(15)10(6-8)14-12(16)9(2)7-13-3;/h4-6,9,13,15H,7H2,1-3H3,(H,14,16);1H. The predicted molar refractivity (Wildman–Crippen MR) is 71.8 cm³/mol. The maximum Gasteiger partial charge on any atom is 0.228 e. The van der Waals surface area contributed by atoms with Crippen LogP contribution in [-0.4, -0.2) is 24.6 Å². The lowest BCUT2D eigenvalue weighted by molar-refractivity contribution is -0.119. The van der Waals surface area contributed by atoms with Gasteiger partial charge in [0.1, 0.15) is 5.75 Å². The molecular weight excluding hydrogens is 240 g/mol. The minimum atomic E-state index is -0.134. The Morgan fingerprint density at radius 2 is 2.12 bits per heavy atom. The first kappa shape index (κ1) is 15.7. The maximum absolute atomic E-state index is 11.7. The van der Waals surface area contributed by atoms with Crippen molar-refractivity contribution in [2.24, 2.45) is 5.92 Å². The van der Waals surface area contributed by atoms with Crippen molar-refractivity contribution in [2.45, 2.75) is 13.8 Å². The van der Waals surface area contributed by atoms with Crippen molar-refractivity contribution in [3.8, 4) is 5.75 Å². The number of hydrogen-bond acceptors (Lipinski definition) is 3. The van der Waals surface area contributed by atoms with Crippen molar-refractivity contribution in [1.82, 2.24) is 5.32 Å². The van der Waals surface area contributed by atoms with E-state index in [9.17, 15) is 9.90 Å². The summed E-state index contributed by atoms with van der Waals surface area (Å²) in [5, 5.41) is 15.2. The number of amides is 1. The Kier molecular flexibility index (Phi) is 6.61. The maximum atomic E-state index is 11.7. The second-order valence-electron chi connectivity index (χ2n) is 3.97. The quantitative estimate of drug-likeness (QED) is 0.723. The van der Waals surface area contributed by atoms with Gasteiger partial charge in [-0.1, -0.05) is 13.0 Å². The minimum Gasteiger partial charge on any atom is -0.506 e. The highest BCUT2D eigenvalue weighted by Crippen LogP contribution is 2.24. The Morgan fingerprint density at radius 1 is 1.47 bits per heavy atom. The second kappa shape index (κ2) is 7.14. The van der Waals surface area contributed by atoms with E-state index in [4.69, 9.17) is 0 Å². The van der Waals surface area contributed by atoms with Gasteiger partial charge in [-0.2, -0.15) is 0 Å². The van der Waals surface area contributed by atoms with Gasteiger partial charge in [0.2, 0.25) is 5.91 Å². The lowest BCUT2D eigenvalue weighted by atomic mass is 10.1. The third-order valence-corrected chi connectivity index (χ3v) is 2.37. The average Bonchev–Trinajstić information content (AvgIpc) is 2.23. The molecule has 0 bridgehead atoms. The lowest BCUT2D eigenvalue weighted by Crippen LogP contribution is -2.28. The fraction of sp³-hybridized carbons (Fsp3) is 0.417. The van der Waals surface area contributed by atoms with Crippen molar-refractivity contribution >= 4 is 24.0 Å². The summed E-state index contributed by atoms with van der Waals surface area (Å²) in [7, 11) is 1.80. The SMILES string of the molecule is CNCC(C)C(=O)Nc1cc(C)ccc1O.Cl. The Labute approximate surface area is 108 Å². The van der Waals surface area contributed by atoms with E-state index in [1.165, 1.54) is 0 Å². The number of hydrogen-bond donors (Lipinski definition) is 3. The van der Waals surface area contributed by atoms with Crippen LogP contribution in [0, 0.1) is 12.8 Å². The molecule has 17 heavy (non-hydrogen) atoms. The van der Waals surface area contributed by atoms with E-state index in [0.717, 1.165) is 5.56 Å². The molecule has 0 radical (unpaired) electrons. The van der Waals surface area contributed by atoms with Gasteiger partial charge in [-0.25, -0.2) is 0 Å². The number of carbonyl (C=O) groups is 1. The second-order valence-corrected chi connectivity index (χ2v) is 3.97. The van der Waals surface area contributed by atoms with Crippen LogP contribution in [-0.2, 0) is 4.79 Å².